The van der Waals surface area contributed by atoms with Gasteiger partial charge in [-0.05, 0) is 125 Å². The standard InChI is InChI=1S/C88H97Cl2N9O33/c1-33(2)8-6-4-5-7-9-60(108)94-68-74(113)71(110)58(31-101)129-87(68)132-78-55-25-40-26-56(78)126-52-17-13-38(23-47(52)90)77(131-86-67(92-34(3)103)73(112)70(109)57(30-100)128-86)69-84(121)98-66(85(122)123)45-28-42(105)29-54(127-88-76(115)75(114)72(111)59(32-102)130-88)61(45)44-22-37(12-14-49(44)106)63(81(118)99-69)96-83(120)65(40)97-82(119)64-39-20-41(104)27-43(21-39)124-53-24-36(11-15-50(53)107)62(91)80(117)93-48(79(116)95-64)19-35-10-16-51(125-55)46(89)18-35/h10-18,20-29,33,48,57-59,62-77,86-88,100-102,104-107,109-115H,4-9,19,30-32,91H2,1-3H3,(H,92,103)(H,93,117)(H,94,108)(H,95,116)(H,96,120)(H,97,119)(H,98,121)(H,99,118)(H,122,123)/t48-,57-,58-,59-,62+,63-,64+,65-,66+,67-,68-,69+,70-,71-,72-,73-,74-,75+,76+,77-,86+,87+,88+/m1/s1. The molecule has 16 rings (SSSR count). The Morgan fingerprint density at radius 2 is 1.05 bits per heavy atom. The number of fused-ring (bicyclic) bond motifs is 14. The number of carbonyl (C=O) groups excluding carboxylic acids is 8. The zero-order valence-corrected chi connectivity index (χ0v) is 71.8. The summed E-state index contributed by atoms with van der Waals surface area (Å²) in [6.45, 7) is 1.97. The van der Waals surface area contributed by atoms with Gasteiger partial charge in [0, 0.05) is 48.6 Å². The number of carboxylic acid groups (broad SMARTS) is 1. The molecule has 132 heavy (non-hydrogen) atoms. The highest BCUT2D eigenvalue weighted by Gasteiger charge is 2.52. The van der Waals surface area contributed by atoms with Gasteiger partial charge in [0.2, 0.25) is 65.6 Å². The third kappa shape index (κ3) is 20.7. The highest BCUT2D eigenvalue weighted by Crippen LogP contribution is 2.51. The van der Waals surface area contributed by atoms with Crippen molar-refractivity contribution in [1.29, 1.82) is 0 Å². The number of hydrogen-bond donors (Lipinski definition) is 24. The minimum Gasteiger partial charge on any atom is -0.508 e. The number of hydrogen-bond acceptors (Lipinski definition) is 33. The smallest absolute Gasteiger partial charge is 0.330 e. The minimum absolute atomic E-state index is 0.0267. The normalized spacial score (nSPS) is 28.9. The molecule has 0 unspecified atom stereocenters. The number of benzene rings is 7. The van der Waals surface area contributed by atoms with E-state index in [0.29, 0.717) is 18.8 Å². The fourth-order valence-electron chi connectivity index (χ4n) is 16.5. The molecule has 9 aliphatic rings. The number of unbranched alkanes of at least 4 members (excludes halogenated alkanes) is 3. The van der Waals surface area contributed by atoms with Gasteiger partial charge in [-0.25, -0.2) is 4.79 Å². The highest BCUT2D eigenvalue weighted by molar-refractivity contribution is 6.32. The predicted molar refractivity (Wildman–Crippen MR) is 453 cm³/mol. The molecular weight excluding hydrogens is 1780 g/mol. The summed E-state index contributed by atoms with van der Waals surface area (Å²) in [7, 11) is 0. The van der Waals surface area contributed by atoms with Crippen molar-refractivity contribution < 1.29 is 162 Å². The summed E-state index contributed by atoms with van der Waals surface area (Å²) in [6.07, 6.45) is -25.9. The number of aliphatic hydroxyl groups is 10. The number of phenols is 4. The zero-order chi connectivity index (χ0) is 94.9. The molecule has 0 saturated carbocycles. The van der Waals surface area contributed by atoms with E-state index < -0.39 is 316 Å². The first-order valence-corrected chi connectivity index (χ1v) is 42.7. The number of ether oxygens (including phenoxy) is 9. The lowest BCUT2D eigenvalue weighted by Gasteiger charge is -2.44. The summed E-state index contributed by atoms with van der Waals surface area (Å²) >= 11 is 14.7. The van der Waals surface area contributed by atoms with Crippen LogP contribution < -0.4 is 72.0 Å². The Hall–Kier alpha value is -12.0. The van der Waals surface area contributed by atoms with Gasteiger partial charge in [0.05, 0.1) is 29.9 Å². The van der Waals surface area contributed by atoms with Gasteiger partial charge in [-0.2, -0.15) is 0 Å². The number of rotatable bonds is 19. The second-order valence-electron chi connectivity index (χ2n) is 33.2. The zero-order valence-electron chi connectivity index (χ0n) is 70.3. The topological polar surface area (TPSA) is 662 Å². The van der Waals surface area contributed by atoms with Crippen LogP contribution in [0.2, 0.25) is 10.0 Å². The fourth-order valence-corrected chi connectivity index (χ4v) is 16.9. The van der Waals surface area contributed by atoms with Gasteiger partial charge >= 0.3 is 5.97 Å². The average Bonchev–Trinajstić information content (AvgIpc) is 0.748. The van der Waals surface area contributed by atoms with Crippen LogP contribution in [0.5, 0.6) is 69.0 Å². The van der Waals surface area contributed by atoms with Crippen molar-refractivity contribution in [2.24, 2.45) is 11.7 Å². The number of aliphatic carboxylic acids is 1. The molecule has 9 heterocycles. The maximum Gasteiger partial charge on any atom is 0.330 e. The number of nitrogens with one attached hydrogen (secondary N) is 8. The Morgan fingerprint density at radius 1 is 0.500 bits per heavy atom. The van der Waals surface area contributed by atoms with E-state index in [2.05, 4.69) is 56.4 Å². The number of carbonyl (C=O) groups is 9. The molecule has 42 nitrogen and oxygen atoms in total. The molecule has 3 saturated heterocycles. The van der Waals surface area contributed by atoms with E-state index in [1.807, 2.05) is 0 Å². The minimum atomic E-state index is -2.59. The Balaban J connectivity index is 1.04. The van der Waals surface area contributed by atoms with Crippen LogP contribution >= 0.6 is 23.2 Å². The lowest BCUT2D eigenvalue weighted by Crippen LogP contribution is -2.65. The first kappa shape index (κ1) is 96.0. The summed E-state index contributed by atoms with van der Waals surface area (Å²) in [5.74, 6) is -19.2. The van der Waals surface area contributed by atoms with E-state index in [9.17, 15) is 95.8 Å². The molecule has 0 aromatic heterocycles. The van der Waals surface area contributed by atoms with E-state index in [4.69, 9.17) is 71.6 Å². The van der Waals surface area contributed by atoms with E-state index in [0.717, 1.165) is 111 Å². The second-order valence-corrected chi connectivity index (χ2v) is 34.0. The number of aromatic hydroxyl groups is 4. The molecule has 25 N–H and O–H groups in total. The Morgan fingerprint density at radius 3 is 1.68 bits per heavy atom. The van der Waals surface area contributed by atoms with Gasteiger partial charge in [-0.3, -0.25) is 38.4 Å². The summed E-state index contributed by atoms with van der Waals surface area (Å²) in [5, 5.41) is 190. The lowest BCUT2D eigenvalue weighted by molar-refractivity contribution is -0.284. The third-order valence-corrected chi connectivity index (χ3v) is 24.0. The Kier molecular flexibility index (Phi) is 29.5. The molecule has 706 valence electrons. The van der Waals surface area contributed by atoms with E-state index in [1.165, 1.54) is 30.3 Å². The van der Waals surface area contributed by atoms with Crippen molar-refractivity contribution in [3.63, 3.8) is 0 Å². The van der Waals surface area contributed by atoms with Crippen molar-refractivity contribution in [3.8, 4) is 80.1 Å². The number of carboxylic acids is 1. The van der Waals surface area contributed by atoms with Crippen LogP contribution in [0.15, 0.2) is 115 Å². The largest absolute Gasteiger partial charge is 0.508 e. The number of halogens is 2. The molecule has 23 atom stereocenters. The van der Waals surface area contributed by atoms with Crippen molar-refractivity contribution in [3.05, 3.63) is 164 Å². The summed E-state index contributed by atoms with van der Waals surface area (Å²) in [6, 6.07) is 0.658. The molecule has 0 aliphatic carbocycles. The maximum atomic E-state index is 17.0. The van der Waals surface area contributed by atoms with Crippen LogP contribution in [-0.2, 0) is 68.5 Å². The average molecular weight is 1880 g/mol. The van der Waals surface area contributed by atoms with Gasteiger partial charge in [-0.1, -0.05) is 87.0 Å². The molecule has 9 aliphatic heterocycles. The van der Waals surface area contributed by atoms with Gasteiger partial charge < -0.3 is 167 Å². The summed E-state index contributed by atoms with van der Waals surface area (Å²) in [5.41, 5.74) is 2.79. The maximum absolute atomic E-state index is 17.0. The molecule has 7 aromatic rings. The highest BCUT2D eigenvalue weighted by atomic mass is 35.5. The van der Waals surface area contributed by atoms with Crippen molar-refractivity contribution in [1.82, 2.24) is 42.5 Å². The number of phenolic OH excluding ortho intramolecular Hbond substituents is 4. The van der Waals surface area contributed by atoms with Gasteiger partial charge in [0.1, 0.15) is 156 Å². The number of aliphatic hydroxyl groups excluding tert-OH is 10. The lowest BCUT2D eigenvalue weighted by atomic mass is 9.89. The van der Waals surface area contributed by atoms with Crippen molar-refractivity contribution >= 4 is 76.4 Å². The third-order valence-electron chi connectivity index (χ3n) is 23.4. The first-order valence-electron chi connectivity index (χ1n) is 42.0. The summed E-state index contributed by atoms with van der Waals surface area (Å²) in [4.78, 5) is 138. The summed E-state index contributed by atoms with van der Waals surface area (Å²) < 4.78 is 57.5. The molecule has 3 fully saturated rings. The van der Waals surface area contributed by atoms with Crippen LogP contribution in [0, 0.1) is 5.92 Å². The number of nitrogens with two attached hydrogens (primary N) is 1. The molecule has 0 radical (unpaired) electrons. The Labute approximate surface area is 759 Å². The first-order chi connectivity index (χ1) is 62.9. The number of amides is 8. The second kappa shape index (κ2) is 40.6. The monoisotopic (exact) mass is 1880 g/mol. The molecular formula is C88H97Cl2N9O33. The van der Waals surface area contributed by atoms with E-state index in [-0.39, 0.29) is 39.8 Å². The van der Waals surface area contributed by atoms with Crippen molar-refractivity contribution in [2.75, 3.05) is 19.8 Å². The molecule has 0 spiro atoms. The molecule has 17 bridgehead atoms. The van der Waals surface area contributed by atoms with Gasteiger partial charge in [-0.15, -0.1) is 0 Å². The fraction of sp³-hybridized carbons (Fsp3) is 0.420. The molecule has 8 amide bonds. The van der Waals surface area contributed by atoms with Crippen molar-refractivity contribution in [2.45, 2.75) is 206 Å². The van der Waals surface area contributed by atoms with Crippen LogP contribution in [0.3, 0.4) is 0 Å². The molecule has 7 aromatic carbocycles. The van der Waals surface area contributed by atoms with Gasteiger partial charge in [0.25, 0.3) is 0 Å². The van der Waals surface area contributed by atoms with Gasteiger partial charge in [0.15, 0.2) is 35.3 Å². The van der Waals surface area contributed by atoms with E-state index in [1.54, 1.807) is 0 Å². The Bertz CT molecular complexity index is 5560. The quantitative estimate of drug-likeness (QED) is 0.0503. The van der Waals surface area contributed by atoms with Crippen LogP contribution in [-0.4, -0.2) is 254 Å². The van der Waals surface area contributed by atoms with Crippen LogP contribution in [0.25, 0.3) is 11.1 Å². The molecule has 44 heteroatoms. The predicted octanol–water partition coefficient (Wildman–Crippen LogP) is 1.02. The van der Waals surface area contributed by atoms with Crippen LogP contribution in [0.4, 0.5) is 0 Å². The SMILES string of the molecule is CC(=O)N[C@H]1[C@H](O[C@@H]2c3ccc(c(Cl)c3)Oc3cc4cc(c3O[C@@H]3O[C@H](CO)[C@@H](O)[C@H](O)[C@H]3NC(=O)CCCCCCC(C)C)Oc3ccc(cc3Cl)C[C@H]3NC(=O)[C@@H](N)c5ccc(O)c(c5)Oc5cc(O)cc(c5)[C@H](NC3=O)C(=O)N[C@H]4C(=O)N[C@H]3C(=O)N[C@@H]2C(=O)N[C@H](C(=O)O)c2cc(O)cc(O[C@H]4O[C@H](CO)[C@@H](O)[C@H](O)[C@@H]4O)c2-c2cc3ccc2O)O[C@H](CO)[C@@H](O)[C@@H]1O. The van der Waals surface area contributed by atoms with E-state index >= 15 is 24.0 Å². The van der Waals surface area contributed by atoms with Crippen LogP contribution in [0.1, 0.15) is 135 Å².